The topological polar surface area (TPSA) is 29.1 Å². The molecule has 13 heavy (non-hydrogen) atoms. The summed E-state index contributed by atoms with van der Waals surface area (Å²) < 4.78 is 24.3. The van der Waals surface area contributed by atoms with Crippen molar-refractivity contribution in [2.45, 2.75) is 30.0 Å². The van der Waals surface area contributed by atoms with E-state index in [1.807, 2.05) is 13.8 Å². The van der Waals surface area contributed by atoms with Gasteiger partial charge in [-0.3, -0.25) is 4.79 Å². The third kappa shape index (κ3) is 2.47. The fourth-order valence-electron chi connectivity index (χ4n) is 0.956. The van der Waals surface area contributed by atoms with Crippen molar-refractivity contribution in [1.29, 1.82) is 0 Å². The highest BCUT2D eigenvalue weighted by molar-refractivity contribution is 8.02. The quantitative estimate of drug-likeness (QED) is 0.732. The lowest BCUT2D eigenvalue weighted by Crippen LogP contribution is -2.58. The number of amides is 1. The second-order valence-corrected chi connectivity index (χ2v) is 5.59. The summed E-state index contributed by atoms with van der Waals surface area (Å²) >= 11 is 6.17. The molecule has 1 aliphatic rings. The van der Waals surface area contributed by atoms with Crippen molar-refractivity contribution in [3.8, 4) is 0 Å². The van der Waals surface area contributed by atoms with E-state index in [1.165, 1.54) is 0 Å². The Labute approximate surface area is 84.4 Å². The molecular formula is C7H10ClF2NOS. The van der Waals surface area contributed by atoms with E-state index in [2.05, 4.69) is 16.9 Å². The summed E-state index contributed by atoms with van der Waals surface area (Å²) in [5.41, 5.74) is 0. The first-order chi connectivity index (χ1) is 5.73. The first kappa shape index (κ1) is 11.0. The largest absolute Gasteiger partial charge is 0.399 e. The monoisotopic (exact) mass is 229 g/mol. The van der Waals surface area contributed by atoms with Crippen molar-refractivity contribution in [2.75, 3.05) is 5.75 Å². The Hall–Kier alpha value is -0.0300. The van der Waals surface area contributed by atoms with E-state index in [4.69, 9.17) is 0 Å². The highest BCUT2D eigenvalue weighted by Gasteiger charge is 2.45. The maximum absolute atomic E-state index is 12.2. The summed E-state index contributed by atoms with van der Waals surface area (Å²) in [7, 11) is 0. The van der Waals surface area contributed by atoms with Crippen LogP contribution in [-0.4, -0.2) is 27.8 Å². The summed E-state index contributed by atoms with van der Waals surface area (Å²) in [5, 5.41) is -1.59. The molecule has 1 atom stereocenters. The zero-order valence-electron chi connectivity index (χ0n) is 7.23. The van der Waals surface area contributed by atoms with Crippen molar-refractivity contribution in [3.05, 3.63) is 0 Å². The van der Waals surface area contributed by atoms with E-state index in [0.29, 0.717) is 5.75 Å². The molecule has 1 N–H and O–H groups in total. The number of hydrogen-bond donors (Lipinski definition) is 1. The van der Waals surface area contributed by atoms with Crippen LogP contribution in [0.3, 0.4) is 0 Å². The Morgan fingerprint density at radius 1 is 1.69 bits per heavy atom. The van der Waals surface area contributed by atoms with Crippen LogP contribution in [0.2, 0.25) is 0 Å². The Kier molecular flexibility index (Phi) is 2.78. The minimum atomic E-state index is -3.80. The molecule has 6 heteroatoms. The van der Waals surface area contributed by atoms with E-state index in [-0.39, 0.29) is 10.8 Å². The first-order valence-electron chi connectivity index (χ1n) is 3.75. The van der Waals surface area contributed by atoms with Gasteiger partial charge in [0.2, 0.25) is 0 Å². The maximum Gasteiger partial charge on any atom is 0.399 e. The summed E-state index contributed by atoms with van der Waals surface area (Å²) in [6.07, 6.45) is 0. The first-order valence-corrected chi connectivity index (χ1v) is 5.11. The predicted molar refractivity (Wildman–Crippen MR) is 49.3 cm³/mol. The predicted octanol–water partition coefficient (Wildman–Crippen LogP) is 1.83. The van der Waals surface area contributed by atoms with Gasteiger partial charge in [0.25, 0.3) is 0 Å². The average Bonchev–Trinajstić information content (AvgIpc) is 1.96. The molecule has 0 bridgehead atoms. The zero-order chi connectivity index (χ0) is 10.3. The third-order valence-corrected chi connectivity index (χ3v) is 3.72. The van der Waals surface area contributed by atoms with Gasteiger partial charge < -0.3 is 5.32 Å². The van der Waals surface area contributed by atoms with Gasteiger partial charge in [0, 0.05) is 10.5 Å². The molecular weight excluding hydrogens is 220 g/mol. The highest BCUT2D eigenvalue weighted by atomic mass is 35.5. The number of alkyl halides is 3. The Balaban J connectivity index is 2.47. The molecule has 1 fully saturated rings. The molecule has 0 radical (unpaired) electrons. The molecule has 2 nitrogen and oxygen atoms in total. The second kappa shape index (κ2) is 3.28. The Morgan fingerprint density at radius 3 is 2.46 bits per heavy atom. The van der Waals surface area contributed by atoms with Crippen LogP contribution in [0.1, 0.15) is 13.8 Å². The van der Waals surface area contributed by atoms with Crippen LogP contribution < -0.4 is 5.32 Å². The molecule has 1 heterocycles. The summed E-state index contributed by atoms with van der Waals surface area (Å²) in [5.74, 6) is -0.751. The van der Waals surface area contributed by atoms with E-state index in [9.17, 15) is 13.6 Å². The number of thioether (sulfide) groups is 1. The third-order valence-electron chi connectivity index (χ3n) is 2.02. The van der Waals surface area contributed by atoms with Crippen LogP contribution >= 0.6 is 23.4 Å². The molecule has 0 saturated carbocycles. The fraction of sp³-hybridized carbons (Fsp3) is 0.857. The van der Waals surface area contributed by atoms with Gasteiger partial charge in [-0.1, -0.05) is 0 Å². The molecule has 1 unspecified atom stereocenters. The van der Waals surface area contributed by atoms with Crippen molar-refractivity contribution < 1.29 is 13.6 Å². The Morgan fingerprint density at radius 2 is 2.23 bits per heavy atom. The van der Waals surface area contributed by atoms with Crippen LogP contribution in [-0.2, 0) is 4.79 Å². The SMILES string of the molecule is CC1(C)SCC1NC(=O)C(F)(F)Cl. The molecule has 0 aromatic rings. The number of rotatable bonds is 2. The van der Waals surface area contributed by atoms with Gasteiger partial charge in [0.15, 0.2) is 0 Å². The van der Waals surface area contributed by atoms with E-state index in [0.717, 1.165) is 0 Å². The highest BCUT2D eigenvalue weighted by Crippen LogP contribution is 2.40. The van der Waals surface area contributed by atoms with Gasteiger partial charge in [-0.25, -0.2) is 0 Å². The van der Waals surface area contributed by atoms with Gasteiger partial charge in [0.05, 0.1) is 6.04 Å². The second-order valence-electron chi connectivity index (χ2n) is 3.44. The van der Waals surface area contributed by atoms with Gasteiger partial charge in [0.1, 0.15) is 0 Å². The van der Waals surface area contributed by atoms with Crippen molar-refractivity contribution >= 4 is 29.3 Å². The lowest BCUT2D eigenvalue weighted by Gasteiger charge is -2.44. The number of nitrogens with one attached hydrogen (secondary N) is 1. The molecule has 76 valence electrons. The summed E-state index contributed by atoms with van der Waals surface area (Å²) in [6.45, 7) is 3.77. The van der Waals surface area contributed by atoms with Crippen molar-refractivity contribution in [1.82, 2.24) is 5.32 Å². The van der Waals surface area contributed by atoms with Crippen molar-refractivity contribution in [3.63, 3.8) is 0 Å². The van der Waals surface area contributed by atoms with Gasteiger partial charge in [-0.15, -0.1) is 0 Å². The number of halogens is 3. The summed E-state index contributed by atoms with van der Waals surface area (Å²) in [6, 6.07) is -0.213. The minimum absolute atomic E-state index is 0.169. The molecule has 0 aliphatic carbocycles. The normalized spacial score (nSPS) is 26.4. The number of carbonyl (C=O) groups is 1. The maximum atomic E-state index is 12.2. The van der Waals surface area contributed by atoms with Gasteiger partial charge in [-0.05, 0) is 25.4 Å². The lowest BCUT2D eigenvalue weighted by atomic mass is 10.0. The Bertz CT molecular complexity index is 229. The molecule has 0 aromatic carbocycles. The van der Waals surface area contributed by atoms with Crippen LogP contribution in [0.4, 0.5) is 8.78 Å². The zero-order valence-corrected chi connectivity index (χ0v) is 8.81. The smallest absolute Gasteiger partial charge is 0.345 e. The van der Waals surface area contributed by atoms with Crippen LogP contribution in [0.15, 0.2) is 0 Å². The van der Waals surface area contributed by atoms with Crippen LogP contribution in [0, 0.1) is 0 Å². The summed E-state index contributed by atoms with van der Waals surface area (Å²) in [4.78, 5) is 10.8. The molecule has 1 rings (SSSR count). The van der Waals surface area contributed by atoms with Crippen LogP contribution in [0.25, 0.3) is 0 Å². The number of carbonyl (C=O) groups excluding carboxylic acids is 1. The molecule has 1 saturated heterocycles. The lowest BCUT2D eigenvalue weighted by molar-refractivity contribution is -0.136. The van der Waals surface area contributed by atoms with E-state index >= 15 is 0 Å². The van der Waals surface area contributed by atoms with Gasteiger partial charge >= 0.3 is 11.3 Å². The number of hydrogen-bond acceptors (Lipinski definition) is 2. The minimum Gasteiger partial charge on any atom is -0.345 e. The average molecular weight is 230 g/mol. The van der Waals surface area contributed by atoms with Gasteiger partial charge in [-0.2, -0.15) is 20.5 Å². The van der Waals surface area contributed by atoms with E-state index < -0.39 is 11.3 Å². The molecule has 1 amide bonds. The van der Waals surface area contributed by atoms with Crippen molar-refractivity contribution in [2.24, 2.45) is 0 Å². The molecule has 0 aromatic heterocycles. The standard InChI is InChI=1S/C7H10ClF2NOS/c1-6(2)4(3-13-6)11-5(12)7(8,9)10/h4H,3H2,1-2H3,(H,11,12). The molecule has 1 aliphatic heterocycles. The fourth-order valence-corrected chi connectivity index (χ4v) is 2.15. The van der Waals surface area contributed by atoms with Crippen LogP contribution in [0.5, 0.6) is 0 Å². The molecule has 0 spiro atoms. The van der Waals surface area contributed by atoms with E-state index in [1.54, 1.807) is 11.8 Å².